The minimum absolute atomic E-state index is 0.713. The first-order valence-electron chi connectivity index (χ1n) is 3.37. The topological polar surface area (TPSA) is 30.7 Å². The van der Waals surface area contributed by atoms with Crippen molar-refractivity contribution in [1.82, 2.24) is 14.8 Å². The van der Waals surface area contributed by atoms with E-state index in [2.05, 4.69) is 10.2 Å². The Morgan fingerprint density at radius 3 is 3.09 bits per heavy atom. The van der Waals surface area contributed by atoms with Crippen molar-refractivity contribution < 1.29 is 0 Å². The second-order valence-electron chi connectivity index (χ2n) is 2.12. The van der Waals surface area contributed by atoms with Gasteiger partial charge in [0.2, 0.25) is 0 Å². The summed E-state index contributed by atoms with van der Waals surface area (Å²) in [6.45, 7) is 0. The molecule has 0 amide bonds. The predicted octanol–water partition coefficient (Wildman–Crippen LogP) is 1.54. The summed E-state index contributed by atoms with van der Waals surface area (Å²) in [5.41, 5.74) is 0. The monoisotopic (exact) mass is 191 g/mol. The van der Waals surface area contributed by atoms with Crippen LogP contribution in [0.25, 0.3) is 0 Å². The van der Waals surface area contributed by atoms with Gasteiger partial charge in [-0.2, -0.15) is 0 Å². The molecule has 0 unspecified atom stereocenters. The zero-order valence-corrected chi connectivity index (χ0v) is 7.90. The maximum atomic E-state index is 5.53. The van der Waals surface area contributed by atoms with Gasteiger partial charge in [0.15, 0.2) is 5.16 Å². The minimum atomic E-state index is 0.713. The van der Waals surface area contributed by atoms with Gasteiger partial charge in [-0.1, -0.05) is 11.8 Å². The van der Waals surface area contributed by atoms with E-state index < -0.39 is 0 Å². The van der Waals surface area contributed by atoms with E-state index in [1.165, 1.54) is 0 Å². The summed E-state index contributed by atoms with van der Waals surface area (Å²) in [6, 6.07) is 0. The molecule has 0 fully saturated rings. The third kappa shape index (κ3) is 2.71. The highest BCUT2D eigenvalue weighted by Gasteiger charge is 1.98. The summed E-state index contributed by atoms with van der Waals surface area (Å²) in [5, 5.41) is 8.63. The molecule has 1 aromatic heterocycles. The second kappa shape index (κ2) is 4.62. The zero-order chi connectivity index (χ0) is 8.10. The SMILES string of the molecule is Cn1cnnc1SCCCCl. The highest BCUT2D eigenvalue weighted by Crippen LogP contribution is 2.14. The normalized spacial score (nSPS) is 10.4. The lowest BCUT2D eigenvalue weighted by Gasteiger charge is -1.96. The Kier molecular flexibility index (Phi) is 3.72. The number of halogens is 1. The maximum Gasteiger partial charge on any atom is 0.190 e. The van der Waals surface area contributed by atoms with E-state index in [0.29, 0.717) is 5.88 Å². The molecule has 1 rings (SSSR count). The van der Waals surface area contributed by atoms with E-state index in [9.17, 15) is 0 Å². The molecule has 0 aliphatic heterocycles. The van der Waals surface area contributed by atoms with E-state index in [1.807, 2.05) is 11.6 Å². The molecule has 0 saturated carbocycles. The van der Waals surface area contributed by atoms with Gasteiger partial charge in [-0.3, -0.25) is 0 Å². The van der Waals surface area contributed by atoms with Gasteiger partial charge in [0.25, 0.3) is 0 Å². The van der Waals surface area contributed by atoms with E-state index >= 15 is 0 Å². The van der Waals surface area contributed by atoms with Crippen molar-refractivity contribution in [2.24, 2.45) is 7.05 Å². The fourth-order valence-corrected chi connectivity index (χ4v) is 1.74. The number of hydrogen-bond donors (Lipinski definition) is 0. The van der Waals surface area contributed by atoms with Crippen LogP contribution in [0.1, 0.15) is 6.42 Å². The van der Waals surface area contributed by atoms with Crippen LogP contribution in [0.3, 0.4) is 0 Å². The first-order valence-corrected chi connectivity index (χ1v) is 4.89. The molecule has 0 radical (unpaired) electrons. The van der Waals surface area contributed by atoms with Crippen LogP contribution in [0, 0.1) is 0 Å². The highest BCUT2D eigenvalue weighted by atomic mass is 35.5. The summed E-state index contributed by atoms with van der Waals surface area (Å²) in [5.74, 6) is 1.72. The van der Waals surface area contributed by atoms with Crippen molar-refractivity contribution in [3.05, 3.63) is 6.33 Å². The Bertz CT molecular complexity index is 213. The van der Waals surface area contributed by atoms with Crippen LogP contribution in [0.15, 0.2) is 11.5 Å². The van der Waals surface area contributed by atoms with Gasteiger partial charge in [-0.15, -0.1) is 21.8 Å². The van der Waals surface area contributed by atoms with Crippen LogP contribution in [-0.4, -0.2) is 26.4 Å². The fourth-order valence-electron chi connectivity index (χ4n) is 0.621. The molecule has 0 atom stereocenters. The van der Waals surface area contributed by atoms with Crippen LogP contribution in [-0.2, 0) is 7.05 Å². The summed E-state index contributed by atoms with van der Waals surface area (Å²) in [6.07, 6.45) is 2.71. The van der Waals surface area contributed by atoms with Gasteiger partial charge in [0, 0.05) is 18.7 Å². The Hall–Kier alpha value is -0.220. The molecule has 0 bridgehead atoms. The Morgan fingerprint density at radius 2 is 2.55 bits per heavy atom. The van der Waals surface area contributed by atoms with Crippen molar-refractivity contribution in [3.63, 3.8) is 0 Å². The molecule has 0 N–H and O–H groups in total. The molecular weight excluding hydrogens is 182 g/mol. The molecule has 1 heterocycles. The summed E-state index contributed by atoms with van der Waals surface area (Å²) in [7, 11) is 1.93. The third-order valence-corrected chi connectivity index (χ3v) is 2.57. The molecule has 1 aromatic rings. The zero-order valence-electron chi connectivity index (χ0n) is 6.33. The summed E-state index contributed by atoms with van der Waals surface area (Å²) < 4.78 is 1.90. The number of hydrogen-bond acceptors (Lipinski definition) is 3. The number of aromatic nitrogens is 3. The highest BCUT2D eigenvalue weighted by molar-refractivity contribution is 7.99. The number of rotatable bonds is 4. The first kappa shape index (κ1) is 8.87. The van der Waals surface area contributed by atoms with Gasteiger partial charge in [-0.25, -0.2) is 0 Å². The number of alkyl halides is 1. The van der Waals surface area contributed by atoms with Crippen molar-refractivity contribution in [3.8, 4) is 0 Å². The minimum Gasteiger partial charge on any atom is -0.312 e. The third-order valence-electron chi connectivity index (χ3n) is 1.18. The lowest BCUT2D eigenvalue weighted by Crippen LogP contribution is -1.90. The quantitative estimate of drug-likeness (QED) is 0.411. The molecule has 0 spiro atoms. The van der Waals surface area contributed by atoms with Crippen LogP contribution in [0.2, 0.25) is 0 Å². The fraction of sp³-hybridized carbons (Fsp3) is 0.667. The summed E-state index contributed by atoms with van der Waals surface area (Å²) in [4.78, 5) is 0. The van der Waals surface area contributed by atoms with Crippen LogP contribution in [0.4, 0.5) is 0 Å². The number of thioether (sulfide) groups is 1. The molecule has 0 aliphatic carbocycles. The van der Waals surface area contributed by atoms with Crippen LogP contribution < -0.4 is 0 Å². The standard InChI is InChI=1S/C6H10ClN3S/c1-10-5-8-9-6(10)11-4-2-3-7/h5H,2-4H2,1H3. The second-order valence-corrected chi connectivity index (χ2v) is 3.56. The van der Waals surface area contributed by atoms with E-state index in [4.69, 9.17) is 11.6 Å². The van der Waals surface area contributed by atoms with Gasteiger partial charge >= 0.3 is 0 Å². The molecule has 11 heavy (non-hydrogen) atoms. The molecule has 0 aromatic carbocycles. The average molecular weight is 192 g/mol. The van der Waals surface area contributed by atoms with Crippen molar-refractivity contribution in [2.75, 3.05) is 11.6 Å². The molecule has 0 saturated heterocycles. The van der Waals surface area contributed by atoms with Crippen molar-refractivity contribution >= 4 is 23.4 Å². The lowest BCUT2D eigenvalue weighted by molar-refractivity contribution is 0.788. The number of aryl methyl sites for hydroxylation is 1. The van der Waals surface area contributed by atoms with Crippen molar-refractivity contribution in [2.45, 2.75) is 11.6 Å². The van der Waals surface area contributed by atoms with E-state index in [0.717, 1.165) is 17.3 Å². The van der Waals surface area contributed by atoms with Gasteiger partial charge in [0.05, 0.1) is 0 Å². The lowest BCUT2D eigenvalue weighted by atomic mass is 10.6. The van der Waals surface area contributed by atoms with Gasteiger partial charge in [0.1, 0.15) is 6.33 Å². The Labute approximate surface area is 75.1 Å². The predicted molar refractivity (Wildman–Crippen MR) is 47.1 cm³/mol. The average Bonchev–Trinajstić information content (AvgIpc) is 2.37. The van der Waals surface area contributed by atoms with Crippen LogP contribution in [0.5, 0.6) is 0 Å². The molecule has 3 nitrogen and oxygen atoms in total. The van der Waals surface area contributed by atoms with Crippen molar-refractivity contribution in [1.29, 1.82) is 0 Å². The Morgan fingerprint density at radius 1 is 1.73 bits per heavy atom. The summed E-state index contributed by atoms with van der Waals surface area (Å²) >= 11 is 7.21. The Balaban J connectivity index is 2.32. The molecular formula is C6H10ClN3S. The van der Waals surface area contributed by atoms with Gasteiger partial charge in [-0.05, 0) is 6.42 Å². The largest absolute Gasteiger partial charge is 0.312 e. The van der Waals surface area contributed by atoms with Gasteiger partial charge < -0.3 is 4.57 Å². The molecule has 62 valence electrons. The first-order chi connectivity index (χ1) is 5.34. The van der Waals surface area contributed by atoms with E-state index in [1.54, 1.807) is 18.1 Å². The van der Waals surface area contributed by atoms with Crippen LogP contribution >= 0.6 is 23.4 Å². The smallest absolute Gasteiger partial charge is 0.190 e. The molecule has 5 heteroatoms. The maximum absolute atomic E-state index is 5.53. The van der Waals surface area contributed by atoms with E-state index in [-0.39, 0.29) is 0 Å². The molecule has 0 aliphatic rings. The number of nitrogens with zero attached hydrogens (tertiary/aromatic N) is 3.